The van der Waals surface area contributed by atoms with Crippen molar-refractivity contribution in [3.8, 4) is 0 Å². The van der Waals surface area contributed by atoms with Gasteiger partial charge in [-0.1, -0.05) is 74.0 Å². The largest absolute Gasteiger partial charge is 0.289 e. The maximum atomic E-state index is 12.5. The van der Waals surface area contributed by atoms with Crippen LogP contribution in [0, 0.1) is 0 Å². The molecular weight excluding hydrogens is 336 g/mol. The fourth-order valence-corrected chi connectivity index (χ4v) is 3.45. The average Bonchev–Trinajstić information content (AvgIpc) is 2.72. The number of carbonyl (C=O) groups is 1. The van der Waals surface area contributed by atoms with Gasteiger partial charge in [0.05, 0.1) is 7.11 Å². The van der Waals surface area contributed by atoms with Crippen molar-refractivity contribution in [1.29, 1.82) is 0 Å². The molecule has 2 aromatic carbocycles. The molecule has 0 aromatic heterocycles. The molecule has 0 saturated heterocycles. The van der Waals surface area contributed by atoms with Gasteiger partial charge in [-0.05, 0) is 24.5 Å². The lowest BCUT2D eigenvalue weighted by Gasteiger charge is -2.37. The second-order valence-electron chi connectivity index (χ2n) is 6.96. The lowest BCUT2D eigenvalue weighted by Crippen LogP contribution is -2.41. The van der Waals surface area contributed by atoms with Crippen molar-refractivity contribution in [2.75, 3.05) is 14.2 Å². The highest BCUT2D eigenvalue weighted by Gasteiger charge is 2.27. The van der Waals surface area contributed by atoms with E-state index in [1.807, 2.05) is 12.1 Å². The second kappa shape index (κ2) is 10.9. The van der Waals surface area contributed by atoms with Crippen LogP contribution in [0.2, 0.25) is 0 Å². The molecule has 4 nitrogen and oxygen atoms in total. The Balaban J connectivity index is 2.30. The Bertz CT molecular complexity index is 675. The van der Waals surface area contributed by atoms with E-state index in [0.717, 1.165) is 19.4 Å². The van der Waals surface area contributed by atoms with Gasteiger partial charge in [-0.25, -0.2) is 5.06 Å². The summed E-state index contributed by atoms with van der Waals surface area (Å²) in [5.41, 5.74) is 2.52. The fraction of sp³-hybridized carbons (Fsp3) is 0.435. The molecule has 0 heterocycles. The summed E-state index contributed by atoms with van der Waals surface area (Å²) in [5, 5.41) is 1.33. The number of rotatable bonds is 10. The van der Waals surface area contributed by atoms with E-state index in [-0.39, 0.29) is 18.0 Å². The minimum Gasteiger partial charge on any atom is -0.289 e. The standard InChI is InChI=1S/C23H32N2O2/c1-5-12-22(17-23(26)24(3)27-4)25(18-20-13-8-6-9-14-20)19(2)21-15-10-7-11-16-21/h6-11,13-16,19,22H,5,12,17-18H2,1-4H3/t19-,22-/m0/s1. The number of amides is 1. The molecular formula is C23H32N2O2. The fourth-order valence-electron chi connectivity index (χ4n) is 3.45. The van der Waals surface area contributed by atoms with Crippen molar-refractivity contribution in [2.24, 2.45) is 0 Å². The molecule has 0 saturated carbocycles. The molecule has 27 heavy (non-hydrogen) atoms. The van der Waals surface area contributed by atoms with Crippen LogP contribution in [0.3, 0.4) is 0 Å². The van der Waals surface area contributed by atoms with Gasteiger partial charge in [0.1, 0.15) is 0 Å². The third-order valence-electron chi connectivity index (χ3n) is 5.11. The van der Waals surface area contributed by atoms with E-state index in [0.29, 0.717) is 6.42 Å². The van der Waals surface area contributed by atoms with Crippen molar-refractivity contribution in [2.45, 2.75) is 51.7 Å². The molecule has 0 fully saturated rings. The van der Waals surface area contributed by atoms with Crippen molar-refractivity contribution in [3.05, 3.63) is 71.8 Å². The normalized spacial score (nSPS) is 13.4. The van der Waals surface area contributed by atoms with Gasteiger partial charge in [0, 0.05) is 32.1 Å². The van der Waals surface area contributed by atoms with E-state index < -0.39 is 0 Å². The summed E-state index contributed by atoms with van der Waals surface area (Å²) < 4.78 is 0. The summed E-state index contributed by atoms with van der Waals surface area (Å²) in [7, 11) is 3.20. The van der Waals surface area contributed by atoms with Gasteiger partial charge in [0.15, 0.2) is 0 Å². The predicted molar refractivity (Wildman–Crippen MR) is 110 cm³/mol. The monoisotopic (exact) mass is 368 g/mol. The quantitative estimate of drug-likeness (QED) is 0.563. The van der Waals surface area contributed by atoms with Crippen LogP contribution in [0.15, 0.2) is 60.7 Å². The van der Waals surface area contributed by atoms with Crippen LogP contribution in [0.5, 0.6) is 0 Å². The number of nitrogens with zero attached hydrogens (tertiary/aromatic N) is 2. The SMILES string of the molecule is CCC[C@@H](CC(=O)N(C)OC)N(Cc1ccccc1)[C@@H](C)c1ccccc1. The van der Waals surface area contributed by atoms with Crippen molar-refractivity contribution in [1.82, 2.24) is 9.96 Å². The first-order chi connectivity index (χ1) is 13.1. The first kappa shape index (κ1) is 21.1. The summed E-state index contributed by atoms with van der Waals surface area (Å²) >= 11 is 0. The zero-order valence-electron chi connectivity index (χ0n) is 17.0. The molecule has 0 spiro atoms. The van der Waals surface area contributed by atoms with Gasteiger partial charge in [0.2, 0.25) is 5.91 Å². The predicted octanol–water partition coefficient (Wildman–Crippen LogP) is 4.83. The van der Waals surface area contributed by atoms with Crippen LogP contribution in [-0.2, 0) is 16.2 Å². The van der Waals surface area contributed by atoms with Gasteiger partial charge >= 0.3 is 0 Å². The van der Waals surface area contributed by atoms with Crippen LogP contribution in [0.25, 0.3) is 0 Å². The van der Waals surface area contributed by atoms with Gasteiger partial charge in [0.25, 0.3) is 0 Å². The summed E-state index contributed by atoms with van der Waals surface area (Å²) in [5.74, 6) is 0.00859. The summed E-state index contributed by atoms with van der Waals surface area (Å²) in [6, 6.07) is 21.3. The second-order valence-corrected chi connectivity index (χ2v) is 6.96. The van der Waals surface area contributed by atoms with Crippen LogP contribution in [0.1, 0.15) is 50.3 Å². The lowest BCUT2D eigenvalue weighted by atomic mass is 9.99. The van der Waals surface area contributed by atoms with E-state index >= 15 is 0 Å². The highest BCUT2D eigenvalue weighted by atomic mass is 16.7. The number of hydrogen-bond donors (Lipinski definition) is 0. The summed E-state index contributed by atoms with van der Waals surface area (Å²) in [4.78, 5) is 20.1. The average molecular weight is 369 g/mol. The highest BCUT2D eigenvalue weighted by molar-refractivity contribution is 5.75. The Hall–Kier alpha value is -2.17. The lowest BCUT2D eigenvalue weighted by molar-refractivity contribution is -0.170. The highest BCUT2D eigenvalue weighted by Crippen LogP contribution is 2.28. The van der Waals surface area contributed by atoms with Gasteiger partial charge in [-0.2, -0.15) is 0 Å². The Morgan fingerprint density at radius 3 is 2.19 bits per heavy atom. The van der Waals surface area contributed by atoms with Crippen LogP contribution in [-0.4, -0.2) is 36.1 Å². The van der Waals surface area contributed by atoms with Gasteiger partial charge in [-0.3, -0.25) is 14.5 Å². The number of benzene rings is 2. The molecule has 0 radical (unpaired) electrons. The zero-order valence-corrected chi connectivity index (χ0v) is 17.0. The summed E-state index contributed by atoms with van der Waals surface area (Å²) in [6.45, 7) is 5.21. The molecule has 2 rings (SSSR count). The maximum absolute atomic E-state index is 12.5. The molecule has 2 atom stereocenters. The number of hydroxylamine groups is 2. The molecule has 0 unspecified atom stereocenters. The molecule has 4 heteroatoms. The molecule has 0 aliphatic heterocycles. The molecule has 0 bridgehead atoms. The van der Waals surface area contributed by atoms with E-state index in [4.69, 9.17) is 4.84 Å². The smallest absolute Gasteiger partial charge is 0.247 e. The Morgan fingerprint density at radius 2 is 1.63 bits per heavy atom. The third kappa shape index (κ3) is 6.19. The van der Waals surface area contributed by atoms with Crippen LogP contribution < -0.4 is 0 Å². The Labute approximate surface area is 163 Å². The van der Waals surface area contributed by atoms with Crippen LogP contribution >= 0.6 is 0 Å². The minimum absolute atomic E-state index is 0.00859. The van der Waals surface area contributed by atoms with E-state index in [9.17, 15) is 4.79 Å². The van der Waals surface area contributed by atoms with E-state index in [1.165, 1.54) is 23.3 Å². The van der Waals surface area contributed by atoms with Crippen LogP contribution in [0.4, 0.5) is 0 Å². The zero-order chi connectivity index (χ0) is 19.6. The minimum atomic E-state index is 0.00859. The third-order valence-corrected chi connectivity index (χ3v) is 5.11. The Morgan fingerprint density at radius 1 is 1.04 bits per heavy atom. The Kier molecular flexibility index (Phi) is 8.49. The molecule has 0 aliphatic carbocycles. The van der Waals surface area contributed by atoms with Gasteiger partial charge in [-0.15, -0.1) is 0 Å². The first-order valence-electron chi connectivity index (χ1n) is 9.72. The van der Waals surface area contributed by atoms with Crippen molar-refractivity contribution >= 4 is 5.91 Å². The molecule has 2 aromatic rings. The molecule has 1 amide bonds. The number of carbonyl (C=O) groups excluding carboxylic acids is 1. The van der Waals surface area contributed by atoms with Crippen molar-refractivity contribution < 1.29 is 9.63 Å². The van der Waals surface area contributed by atoms with E-state index in [2.05, 4.69) is 67.3 Å². The van der Waals surface area contributed by atoms with Gasteiger partial charge < -0.3 is 0 Å². The first-order valence-corrected chi connectivity index (χ1v) is 9.72. The van der Waals surface area contributed by atoms with Crippen molar-refractivity contribution in [3.63, 3.8) is 0 Å². The topological polar surface area (TPSA) is 32.8 Å². The molecule has 0 N–H and O–H groups in total. The maximum Gasteiger partial charge on any atom is 0.247 e. The molecule has 146 valence electrons. The number of hydrogen-bond acceptors (Lipinski definition) is 3. The molecule has 0 aliphatic rings. The van der Waals surface area contributed by atoms with E-state index in [1.54, 1.807) is 7.05 Å². The summed E-state index contributed by atoms with van der Waals surface area (Å²) in [6.07, 6.45) is 2.44.